The van der Waals surface area contributed by atoms with Gasteiger partial charge in [0.1, 0.15) is 12.6 Å². The third-order valence-corrected chi connectivity index (χ3v) is 7.05. The first-order valence-corrected chi connectivity index (χ1v) is 12.9. The molecule has 0 N–H and O–H groups in total. The molecule has 2 amide bonds. The molecule has 1 unspecified atom stereocenters. The first kappa shape index (κ1) is 25.4. The van der Waals surface area contributed by atoms with Crippen molar-refractivity contribution in [2.24, 2.45) is 0 Å². The fourth-order valence-corrected chi connectivity index (χ4v) is 5.45. The Bertz CT molecular complexity index is 986. The molecule has 6 nitrogen and oxygen atoms in total. The molecule has 1 aliphatic carbocycles. The number of nitrogens with zero attached hydrogens (tertiary/aromatic N) is 2. The minimum Gasteiger partial charge on any atom is -0.381 e. The highest BCUT2D eigenvalue weighted by Crippen LogP contribution is 2.44. The molecule has 2 aliphatic heterocycles. The lowest BCUT2D eigenvalue weighted by molar-refractivity contribution is -0.143. The summed E-state index contributed by atoms with van der Waals surface area (Å²) >= 11 is 0. The van der Waals surface area contributed by atoms with Crippen LogP contribution in [0.3, 0.4) is 0 Å². The zero-order valence-electron chi connectivity index (χ0n) is 21.1. The van der Waals surface area contributed by atoms with Gasteiger partial charge in [-0.2, -0.15) is 0 Å². The minimum atomic E-state index is -0.722. The van der Waals surface area contributed by atoms with Crippen molar-refractivity contribution in [1.82, 2.24) is 4.90 Å². The monoisotopic (exact) mass is 478 g/mol. The van der Waals surface area contributed by atoms with E-state index >= 15 is 0 Å². The number of allylic oxidation sites excluding steroid dienone is 4. The third kappa shape index (κ3) is 5.76. The van der Waals surface area contributed by atoms with Crippen LogP contribution in [0.1, 0.15) is 70.4 Å². The fraction of sp³-hybridized carbons (Fsp3) is 0.517. The molecule has 0 aromatic heterocycles. The molecule has 188 valence electrons. The van der Waals surface area contributed by atoms with E-state index in [1.54, 1.807) is 4.90 Å². The van der Waals surface area contributed by atoms with Gasteiger partial charge in [-0.1, -0.05) is 55.7 Å². The maximum atomic E-state index is 14.1. The highest BCUT2D eigenvalue weighted by atomic mass is 16.5. The third-order valence-electron chi connectivity index (χ3n) is 7.05. The van der Waals surface area contributed by atoms with E-state index in [4.69, 9.17) is 9.47 Å². The standard InChI is InChI=1S/C29H38N2O4/c1-4-10-23(19-21(2)3)31(27(32)20-35-24-15-17-34-18-16-24)28-25-13-8-9-14-26(25)30(29(28)33)22-11-6-5-7-12-22/h4,8-10,13-14,19,22,24,28H,2,5-7,11-12,15-18,20H2,1,3H3/b10-4-,23-19+. The molecule has 35 heavy (non-hydrogen) atoms. The van der Waals surface area contributed by atoms with Crippen LogP contribution in [0, 0.1) is 0 Å². The van der Waals surface area contributed by atoms with Crippen molar-refractivity contribution in [3.8, 4) is 0 Å². The number of hydrogen-bond donors (Lipinski definition) is 0. The number of para-hydroxylation sites is 1. The summed E-state index contributed by atoms with van der Waals surface area (Å²) in [7, 11) is 0. The van der Waals surface area contributed by atoms with Gasteiger partial charge < -0.3 is 14.4 Å². The Morgan fingerprint density at radius 3 is 2.57 bits per heavy atom. The van der Waals surface area contributed by atoms with Crippen molar-refractivity contribution < 1.29 is 19.1 Å². The Morgan fingerprint density at radius 1 is 1.17 bits per heavy atom. The Labute approximate surface area is 209 Å². The van der Waals surface area contributed by atoms with Gasteiger partial charge in [-0.05, 0) is 57.7 Å². The molecule has 1 aromatic rings. The molecule has 1 saturated carbocycles. The van der Waals surface area contributed by atoms with Gasteiger partial charge in [-0.3, -0.25) is 14.5 Å². The number of hydrogen-bond acceptors (Lipinski definition) is 4. The SMILES string of the molecule is C=C(C)/C=C(\C=C/C)N(C(=O)COC1CCOCC1)C1C(=O)N(C2CCCCC2)c2ccccc21. The van der Waals surface area contributed by atoms with E-state index < -0.39 is 6.04 Å². The summed E-state index contributed by atoms with van der Waals surface area (Å²) in [6.07, 6.45) is 12.6. The van der Waals surface area contributed by atoms with Crippen molar-refractivity contribution in [1.29, 1.82) is 0 Å². The van der Waals surface area contributed by atoms with Crippen LogP contribution in [0.2, 0.25) is 0 Å². The lowest BCUT2D eigenvalue weighted by Gasteiger charge is -2.34. The van der Waals surface area contributed by atoms with Gasteiger partial charge in [0.25, 0.3) is 11.8 Å². The summed E-state index contributed by atoms with van der Waals surface area (Å²) in [5.74, 6) is -0.254. The summed E-state index contributed by atoms with van der Waals surface area (Å²) in [6.45, 7) is 9.04. The molecule has 6 heteroatoms. The average molecular weight is 479 g/mol. The first-order valence-electron chi connectivity index (χ1n) is 12.9. The number of anilines is 1. The van der Waals surface area contributed by atoms with Gasteiger partial charge >= 0.3 is 0 Å². The maximum absolute atomic E-state index is 14.1. The van der Waals surface area contributed by atoms with Crippen LogP contribution in [-0.4, -0.2) is 48.7 Å². The van der Waals surface area contributed by atoms with Gasteiger partial charge in [0.2, 0.25) is 0 Å². The number of rotatable bonds is 8. The molecule has 1 atom stereocenters. The van der Waals surface area contributed by atoms with E-state index in [1.165, 1.54) is 6.42 Å². The van der Waals surface area contributed by atoms with Crippen molar-refractivity contribution in [2.75, 3.05) is 24.7 Å². The average Bonchev–Trinajstić information content (AvgIpc) is 3.15. The Morgan fingerprint density at radius 2 is 1.89 bits per heavy atom. The number of ether oxygens (including phenoxy) is 2. The second-order valence-corrected chi connectivity index (χ2v) is 9.76. The fourth-order valence-electron chi connectivity index (χ4n) is 5.45. The second kappa shape index (κ2) is 11.8. The van der Waals surface area contributed by atoms with Crippen LogP contribution in [0.25, 0.3) is 0 Å². The number of benzene rings is 1. The van der Waals surface area contributed by atoms with E-state index in [9.17, 15) is 9.59 Å². The summed E-state index contributed by atoms with van der Waals surface area (Å²) in [6, 6.07) is 7.37. The van der Waals surface area contributed by atoms with E-state index in [0.29, 0.717) is 18.9 Å². The van der Waals surface area contributed by atoms with E-state index in [1.807, 2.05) is 61.2 Å². The number of carbonyl (C=O) groups is 2. The van der Waals surface area contributed by atoms with Gasteiger partial charge in [-0.25, -0.2) is 0 Å². The van der Waals surface area contributed by atoms with Crippen LogP contribution in [0.4, 0.5) is 5.69 Å². The molecule has 1 aromatic carbocycles. The summed E-state index contributed by atoms with van der Waals surface area (Å²) < 4.78 is 11.4. The Hall–Kier alpha value is -2.70. The van der Waals surface area contributed by atoms with Crippen molar-refractivity contribution >= 4 is 17.5 Å². The molecule has 4 rings (SSSR count). The molecular formula is C29H38N2O4. The molecule has 3 aliphatic rings. The van der Waals surface area contributed by atoms with Gasteiger partial charge in [-0.15, -0.1) is 0 Å². The smallest absolute Gasteiger partial charge is 0.255 e. The normalized spacial score (nSPS) is 22.0. The Kier molecular flexibility index (Phi) is 8.58. The van der Waals surface area contributed by atoms with Crippen molar-refractivity contribution in [2.45, 2.75) is 77.0 Å². The zero-order valence-corrected chi connectivity index (χ0v) is 21.1. The molecule has 1 saturated heterocycles. The molecular weight excluding hydrogens is 440 g/mol. The molecule has 2 fully saturated rings. The maximum Gasteiger partial charge on any atom is 0.255 e. The predicted octanol–water partition coefficient (Wildman–Crippen LogP) is 5.47. The van der Waals surface area contributed by atoms with Crippen LogP contribution >= 0.6 is 0 Å². The van der Waals surface area contributed by atoms with Crippen molar-refractivity contribution in [3.63, 3.8) is 0 Å². The van der Waals surface area contributed by atoms with Crippen molar-refractivity contribution in [3.05, 3.63) is 65.9 Å². The highest BCUT2D eigenvalue weighted by Gasteiger charge is 2.46. The van der Waals surface area contributed by atoms with E-state index in [-0.39, 0.29) is 30.6 Å². The van der Waals surface area contributed by atoms with Crippen LogP contribution in [-0.2, 0) is 19.1 Å². The topological polar surface area (TPSA) is 59.1 Å². The minimum absolute atomic E-state index is 0.00450. The van der Waals surface area contributed by atoms with E-state index in [0.717, 1.165) is 55.3 Å². The molecule has 2 heterocycles. The molecule has 0 bridgehead atoms. The van der Waals surface area contributed by atoms with Crippen LogP contribution < -0.4 is 4.90 Å². The van der Waals surface area contributed by atoms with Gasteiger partial charge in [0, 0.05) is 36.2 Å². The Balaban J connectivity index is 1.70. The zero-order chi connectivity index (χ0) is 24.8. The summed E-state index contributed by atoms with van der Waals surface area (Å²) in [5, 5.41) is 0. The second-order valence-electron chi connectivity index (χ2n) is 9.76. The van der Waals surface area contributed by atoms with Crippen LogP contribution in [0.15, 0.2) is 60.3 Å². The summed E-state index contributed by atoms with van der Waals surface area (Å²) in [5.41, 5.74) is 3.26. The first-order chi connectivity index (χ1) is 17.0. The number of carbonyl (C=O) groups excluding carboxylic acids is 2. The van der Waals surface area contributed by atoms with Gasteiger partial charge in [0.15, 0.2) is 0 Å². The highest BCUT2D eigenvalue weighted by molar-refractivity contribution is 6.07. The van der Waals surface area contributed by atoms with Crippen LogP contribution in [0.5, 0.6) is 0 Å². The molecule has 0 radical (unpaired) electrons. The lowest BCUT2D eigenvalue weighted by Crippen LogP contribution is -2.45. The molecule has 0 spiro atoms. The summed E-state index contributed by atoms with van der Waals surface area (Å²) in [4.78, 5) is 31.5. The number of amides is 2. The van der Waals surface area contributed by atoms with E-state index in [2.05, 4.69) is 6.58 Å². The quantitative estimate of drug-likeness (QED) is 0.465. The predicted molar refractivity (Wildman–Crippen MR) is 138 cm³/mol. The largest absolute Gasteiger partial charge is 0.381 e. The lowest BCUT2D eigenvalue weighted by atomic mass is 9.94. The number of fused-ring (bicyclic) bond motifs is 1. The van der Waals surface area contributed by atoms with Gasteiger partial charge in [0.05, 0.1) is 6.10 Å².